The second-order valence-corrected chi connectivity index (χ2v) is 7.72. The molecule has 1 heterocycles. The first-order chi connectivity index (χ1) is 5.67. The van der Waals surface area contributed by atoms with Gasteiger partial charge < -0.3 is 4.43 Å². The molecule has 12 heavy (non-hydrogen) atoms. The number of fused-ring (bicyclic) bond motifs is 1. The summed E-state index contributed by atoms with van der Waals surface area (Å²) in [5.41, 5.74) is 3.10. The topological polar surface area (TPSA) is 9.23 Å². The van der Waals surface area contributed by atoms with Crippen LogP contribution in [0.5, 0.6) is 5.75 Å². The Morgan fingerprint density at radius 3 is 2.92 bits per heavy atom. The van der Waals surface area contributed by atoms with E-state index in [2.05, 4.69) is 0 Å². The summed E-state index contributed by atoms with van der Waals surface area (Å²) in [6.07, 6.45) is 2.04. The Morgan fingerprint density at radius 1 is 1.33 bits per heavy atom. The van der Waals surface area contributed by atoms with E-state index in [1.165, 1.54) is 0 Å². The number of hydrogen-bond acceptors (Lipinski definition) is 1. The predicted octanol–water partition coefficient (Wildman–Crippen LogP) is 2.94. The zero-order chi connectivity index (χ0) is 8.60. The van der Waals surface area contributed by atoms with Crippen LogP contribution in [-0.4, -0.2) is 7.63 Å². The van der Waals surface area contributed by atoms with Crippen molar-refractivity contribution in [2.45, 2.75) is 6.55 Å². The van der Waals surface area contributed by atoms with Crippen LogP contribution in [0.3, 0.4) is 0 Å². The Morgan fingerprint density at radius 2 is 2.08 bits per heavy atom. The van der Waals surface area contributed by atoms with Gasteiger partial charge >= 0.3 is 7.63 Å². The molecule has 0 saturated heterocycles. The van der Waals surface area contributed by atoms with Gasteiger partial charge in [0.1, 0.15) is 5.75 Å². The second kappa shape index (κ2) is 2.64. The summed E-state index contributed by atoms with van der Waals surface area (Å²) in [5, 5.41) is 0. The summed E-state index contributed by atoms with van der Waals surface area (Å²) in [6.45, 7) is 1.96. The zero-order valence-electron chi connectivity index (χ0n) is 6.75. The molecule has 0 saturated carbocycles. The molecule has 0 N–H and O–H groups in total. The molecular weight excluding hydrogens is 188 g/mol. The summed E-state index contributed by atoms with van der Waals surface area (Å²) in [6, 6.07) is 7.92. The first kappa shape index (κ1) is 7.89. The normalized spacial score (nSPS) is 26.2. The van der Waals surface area contributed by atoms with Gasteiger partial charge in [-0.05, 0) is 18.3 Å². The molecule has 62 valence electrons. The van der Waals surface area contributed by atoms with E-state index in [9.17, 15) is 0 Å². The summed E-state index contributed by atoms with van der Waals surface area (Å²) < 4.78 is 5.64. The largest absolute Gasteiger partial charge is 0.526 e. The van der Waals surface area contributed by atoms with Crippen LogP contribution in [0.1, 0.15) is 5.56 Å². The van der Waals surface area contributed by atoms with Crippen molar-refractivity contribution >= 4 is 24.8 Å². The number of rotatable bonds is 0. The van der Waals surface area contributed by atoms with Gasteiger partial charge in [0.25, 0.3) is 0 Å². The minimum Gasteiger partial charge on any atom is -0.526 e. The molecule has 0 fully saturated rings. The molecule has 0 aliphatic carbocycles. The van der Waals surface area contributed by atoms with Crippen LogP contribution in [-0.2, 0) is 0 Å². The minimum atomic E-state index is -2.05. The quantitative estimate of drug-likeness (QED) is 0.458. The molecular formula is C9H9ClOSi. The van der Waals surface area contributed by atoms with Crippen LogP contribution < -0.4 is 4.43 Å². The van der Waals surface area contributed by atoms with Crippen LogP contribution in [0.25, 0.3) is 6.08 Å². The number of benzene rings is 1. The second-order valence-electron chi connectivity index (χ2n) is 2.96. The summed E-state index contributed by atoms with van der Waals surface area (Å²) >= 11 is 6.13. The van der Waals surface area contributed by atoms with E-state index in [1.54, 1.807) is 0 Å². The molecule has 0 bridgehead atoms. The number of hydrogen-bond donors (Lipinski definition) is 0. The Hall–Kier alpha value is -0.733. The highest BCUT2D eigenvalue weighted by atomic mass is 35.6. The van der Waals surface area contributed by atoms with Gasteiger partial charge in [-0.3, -0.25) is 0 Å². The van der Waals surface area contributed by atoms with Crippen molar-refractivity contribution in [2.75, 3.05) is 0 Å². The highest BCUT2D eigenvalue weighted by molar-refractivity contribution is 7.19. The maximum atomic E-state index is 6.13. The van der Waals surface area contributed by atoms with Crippen molar-refractivity contribution in [2.24, 2.45) is 0 Å². The lowest BCUT2D eigenvalue weighted by Gasteiger charge is -2.23. The van der Waals surface area contributed by atoms with Gasteiger partial charge in [-0.25, -0.2) is 0 Å². The zero-order valence-corrected chi connectivity index (χ0v) is 8.51. The predicted molar refractivity (Wildman–Crippen MR) is 53.6 cm³/mol. The number of para-hydroxylation sites is 1. The number of halogens is 1. The average Bonchev–Trinajstić information content (AvgIpc) is 2.02. The van der Waals surface area contributed by atoms with Crippen molar-refractivity contribution in [3.63, 3.8) is 0 Å². The van der Waals surface area contributed by atoms with E-state index in [1.807, 2.05) is 42.6 Å². The van der Waals surface area contributed by atoms with Gasteiger partial charge in [0.2, 0.25) is 0 Å². The molecule has 1 aromatic rings. The SMILES string of the molecule is C[Si]1(Cl)C=Cc2ccccc2O1. The van der Waals surface area contributed by atoms with Crippen molar-refractivity contribution in [3.8, 4) is 5.75 Å². The van der Waals surface area contributed by atoms with E-state index < -0.39 is 7.63 Å². The van der Waals surface area contributed by atoms with Gasteiger partial charge in [-0.2, -0.15) is 0 Å². The van der Waals surface area contributed by atoms with E-state index in [-0.39, 0.29) is 0 Å². The van der Waals surface area contributed by atoms with Crippen LogP contribution in [0.15, 0.2) is 30.0 Å². The lowest BCUT2D eigenvalue weighted by atomic mass is 10.2. The fraction of sp³-hybridized carbons (Fsp3) is 0.111. The van der Waals surface area contributed by atoms with Gasteiger partial charge in [0, 0.05) is 5.56 Å². The van der Waals surface area contributed by atoms with Gasteiger partial charge in [0.15, 0.2) is 0 Å². The molecule has 0 spiro atoms. The fourth-order valence-electron chi connectivity index (χ4n) is 1.20. The van der Waals surface area contributed by atoms with E-state index in [0.29, 0.717) is 0 Å². The molecule has 2 rings (SSSR count). The molecule has 0 radical (unpaired) electrons. The average molecular weight is 197 g/mol. The molecule has 1 aliphatic rings. The van der Waals surface area contributed by atoms with Crippen molar-refractivity contribution in [1.82, 2.24) is 0 Å². The molecule has 1 nitrogen and oxygen atoms in total. The van der Waals surface area contributed by atoms with Crippen LogP contribution in [0.4, 0.5) is 0 Å². The summed E-state index contributed by atoms with van der Waals surface area (Å²) in [4.78, 5) is 0. The molecule has 0 aromatic heterocycles. The molecule has 1 atom stereocenters. The van der Waals surface area contributed by atoms with Gasteiger partial charge in [-0.15, -0.1) is 11.1 Å². The smallest absolute Gasteiger partial charge is 0.370 e. The van der Waals surface area contributed by atoms with Crippen molar-refractivity contribution in [3.05, 3.63) is 35.5 Å². The molecule has 1 unspecified atom stereocenters. The Balaban J connectivity index is 2.46. The maximum Gasteiger partial charge on any atom is 0.370 e. The van der Waals surface area contributed by atoms with Crippen LogP contribution >= 0.6 is 11.1 Å². The van der Waals surface area contributed by atoms with Gasteiger partial charge in [-0.1, -0.05) is 24.3 Å². The van der Waals surface area contributed by atoms with E-state index in [0.717, 1.165) is 11.3 Å². The summed E-state index contributed by atoms with van der Waals surface area (Å²) in [5.74, 6) is 0.907. The fourth-order valence-corrected chi connectivity index (χ4v) is 2.80. The molecule has 3 heteroatoms. The molecule has 1 aliphatic heterocycles. The first-order valence-electron chi connectivity index (χ1n) is 3.84. The van der Waals surface area contributed by atoms with Gasteiger partial charge in [0.05, 0.1) is 0 Å². The highest BCUT2D eigenvalue weighted by Crippen LogP contribution is 2.29. The Labute approximate surface area is 77.5 Å². The third-order valence-electron chi connectivity index (χ3n) is 1.79. The lowest BCUT2D eigenvalue weighted by molar-refractivity contribution is 0.572. The van der Waals surface area contributed by atoms with Crippen molar-refractivity contribution in [1.29, 1.82) is 0 Å². The molecule has 0 amide bonds. The third-order valence-corrected chi connectivity index (χ3v) is 3.78. The maximum absolute atomic E-state index is 6.13. The van der Waals surface area contributed by atoms with E-state index >= 15 is 0 Å². The van der Waals surface area contributed by atoms with Crippen LogP contribution in [0.2, 0.25) is 6.55 Å². The first-order valence-corrected chi connectivity index (χ1v) is 7.33. The minimum absolute atomic E-state index is 0.907. The molecule has 1 aromatic carbocycles. The van der Waals surface area contributed by atoms with Crippen LogP contribution in [0, 0.1) is 0 Å². The van der Waals surface area contributed by atoms with E-state index in [4.69, 9.17) is 15.5 Å². The standard InChI is InChI=1S/C9H9ClOSi/c1-12(10)7-6-8-4-2-3-5-9(8)11-12/h2-7H,1H3. The Bertz CT molecular complexity index is 333. The third kappa shape index (κ3) is 1.40. The summed E-state index contributed by atoms with van der Waals surface area (Å²) in [7, 11) is -2.05. The Kier molecular flexibility index (Phi) is 1.74. The monoisotopic (exact) mass is 196 g/mol. The lowest BCUT2D eigenvalue weighted by Crippen LogP contribution is -2.31. The highest BCUT2D eigenvalue weighted by Gasteiger charge is 2.28. The van der Waals surface area contributed by atoms with Crippen molar-refractivity contribution < 1.29 is 4.43 Å².